The average Bonchev–Trinajstić information content (AvgIpc) is 2.73. The number of nitrogens with zero attached hydrogens (tertiary/aromatic N) is 1. The van der Waals surface area contributed by atoms with E-state index in [1.807, 2.05) is 24.3 Å². The third kappa shape index (κ3) is 5.16. The van der Waals surface area contributed by atoms with Gasteiger partial charge in [0.1, 0.15) is 17.1 Å². The van der Waals surface area contributed by atoms with Gasteiger partial charge in [0.25, 0.3) is 5.91 Å². The van der Waals surface area contributed by atoms with E-state index < -0.39 is 5.91 Å². The summed E-state index contributed by atoms with van der Waals surface area (Å²) in [4.78, 5) is 26.9. The summed E-state index contributed by atoms with van der Waals surface area (Å²) >= 11 is 0. The molecule has 0 aliphatic carbocycles. The smallest absolute Gasteiger partial charge is 0.259 e. The summed E-state index contributed by atoms with van der Waals surface area (Å²) in [6.45, 7) is 5.86. The molecule has 0 atom stereocenters. The second-order valence-electron chi connectivity index (χ2n) is 5.99. The lowest BCUT2D eigenvalue weighted by atomic mass is 10.1. The van der Waals surface area contributed by atoms with Crippen molar-refractivity contribution in [2.75, 3.05) is 44.1 Å². The van der Waals surface area contributed by atoms with Gasteiger partial charge in [-0.05, 0) is 50.2 Å². The third-order valence-corrected chi connectivity index (χ3v) is 4.34. The summed E-state index contributed by atoms with van der Waals surface area (Å²) in [7, 11) is 2.94. The molecule has 2 aromatic rings. The molecule has 7 nitrogen and oxygen atoms in total. The summed E-state index contributed by atoms with van der Waals surface area (Å²) in [6, 6.07) is 12.7. The number of hydrogen-bond acceptors (Lipinski definition) is 5. The van der Waals surface area contributed by atoms with Crippen molar-refractivity contribution < 1.29 is 19.1 Å². The Kier molecular flexibility index (Phi) is 7.68. The maximum Gasteiger partial charge on any atom is 0.259 e. The van der Waals surface area contributed by atoms with Crippen molar-refractivity contribution in [3.63, 3.8) is 0 Å². The number of methoxy groups -OCH3 is 2. The molecule has 0 aliphatic heterocycles. The molecule has 2 rings (SSSR count). The molecule has 0 saturated heterocycles. The second-order valence-corrected chi connectivity index (χ2v) is 5.99. The van der Waals surface area contributed by atoms with Crippen LogP contribution >= 0.6 is 0 Å². The number of ether oxygens (including phenoxy) is 2. The molecule has 0 heterocycles. The van der Waals surface area contributed by atoms with Gasteiger partial charge in [-0.1, -0.05) is 6.07 Å². The number of amides is 2. The van der Waals surface area contributed by atoms with Gasteiger partial charge >= 0.3 is 0 Å². The van der Waals surface area contributed by atoms with Crippen LogP contribution in [0.2, 0.25) is 0 Å². The molecule has 0 fully saturated rings. The van der Waals surface area contributed by atoms with Crippen molar-refractivity contribution >= 4 is 23.2 Å². The van der Waals surface area contributed by atoms with Gasteiger partial charge in [0, 0.05) is 24.5 Å². The minimum absolute atomic E-state index is 0.169. The summed E-state index contributed by atoms with van der Waals surface area (Å²) in [5.74, 6) is -0.00682. The zero-order valence-corrected chi connectivity index (χ0v) is 16.7. The van der Waals surface area contributed by atoms with Crippen LogP contribution in [0.3, 0.4) is 0 Å². The van der Waals surface area contributed by atoms with Crippen LogP contribution in [-0.2, 0) is 4.79 Å². The van der Waals surface area contributed by atoms with E-state index in [-0.39, 0.29) is 18.0 Å². The first-order valence-electron chi connectivity index (χ1n) is 9.18. The number of carbonyl (C=O) groups is 2. The molecular formula is C21H27N3O4. The van der Waals surface area contributed by atoms with Gasteiger partial charge in [-0.25, -0.2) is 0 Å². The van der Waals surface area contributed by atoms with Crippen LogP contribution in [0.5, 0.6) is 11.5 Å². The fourth-order valence-electron chi connectivity index (χ4n) is 2.87. The number of rotatable bonds is 9. The highest BCUT2D eigenvalue weighted by atomic mass is 16.5. The van der Waals surface area contributed by atoms with Crippen molar-refractivity contribution in [2.45, 2.75) is 13.8 Å². The van der Waals surface area contributed by atoms with E-state index in [0.717, 1.165) is 18.8 Å². The monoisotopic (exact) mass is 385 g/mol. The summed E-state index contributed by atoms with van der Waals surface area (Å²) < 4.78 is 10.4. The van der Waals surface area contributed by atoms with Gasteiger partial charge in [0.15, 0.2) is 0 Å². The van der Waals surface area contributed by atoms with Crippen LogP contribution in [0.1, 0.15) is 24.2 Å². The topological polar surface area (TPSA) is 79.9 Å². The SMILES string of the molecule is CCN(CC)c1ccc(NC(=O)CNC(=O)c2c(OC)cccc2OC)cc1. The first-order chi connectivity index (χ1) is 13.5. The van der Waals surface area contributed by atoms with Gasteiger partial charge in [0.05, 0.1) is 20.8 Å². The number of benzene rings is 2. The molecule has 0 bridgehead atoms. The number of anilines is 2. The molecule has 2 aromatic carbocycles. The lowest BCUT2D eigenvalue weighted by Crippen LogP contribution is -2.33. The number of nitrogens with one attached hydrogen (secondary N) is 2. The Bertz CT molecular complexity index is 780. The van der Waals surface area contributed by atoms with Crippen LogP contribution < -0.4 is 25.0 Å². The fraction of sp³-hybridized carbons (Fsp3) is 0.333. The zero-order chi connectivity index (χ0) is 20.5. The lowest BCUT2D eigenvalue weighted by Gasteiger charge is -2.21. The molecule has 0 unspecified atom stereocenters. The summed E-state index contributed by atoms with van der Waals surface area (Å²) in [6.07, 6.45) is 0. The minimum atomic E-state index is -0.443. The molecule has 0 radical (unpaired) electrons. The highest BCUT2D eigenvalue weighted by molar-refractivity contribution is 6.02. The van der Waals surface area contributed by atoms with Crippen molar-refractivity contribution in [1.82, 2.24) is 5.32 Å². The Labute approximate surface area is 165 Å². The highest BCUT2D eigenvalue weighted by Crippen LogP contribution is 2.27. The average molecular weight is 385 g/mol. The van der Waals surface area contributed by atoms with Gasteiger partial charge in [0.2, 0.25) is 5.91 Å². The van der Waals surface area contributed by atoms with E-state index in [1.54, 1.807) is 18.2 Å². The standard InChI is InChI=1S/C21H27N3O4/c1-5-24(6-2)16-12-10-15(11-13-16)23-19(25)14-22-21(26)20-17(27-3)8-7-9-18(20)28-4/h7-13H,5-6,14H2,1-4H3,(H,22,26)(H,23,25). The van der Waals surface area contributed by atoms with E-state index in [2.05, 4.69) is 29.4 Å². The van der Waals surface area contributed by atoms with Crippen LogP contribution in [0.25, 0.3) is 0 Å². The number of carbonyl (C=O) groups excluding carboxylic acids is 2. The van der Waals surface area contributed by atoms with Crippen LogP contribution in [0.15, 0.2) is 42.5 Å². The summed E-state index contributed by atoms with van der Waals surface area (Å²) in [5.41, 5.74) is 2.02. The Morgan fingerprint density at radius 2 is 1.50 bits per heavy atom. The lowest BCUT2D eigenvalue weighted by molar-refractivity contribution is -0.115. The van der Waals surface area contributed by atoms with Crippen molar-refractivity contribution in [2.24, 2.45) is 0 Å². The van der Waals surface area contributed by atoms with E-state index in [0.29, 0.717) is 17.2 Å². The predicted molar refractivity (Wildman–Crippen MR) is 111 cm³/mol. The quantitative estimate of drug-likeness (QED) is 0.694. The molecule has 0 saturated carbocycles. The van der Waals surface area contributed by atoms with Crippen LogP contribution in [-0.4, -0.2) is 45.7 Å². The first kappa shape index (κ1) is 21.1. The maximum absolute atomic E-state index is 12.5. The Balaban J connectivity index is 1.97. The molecule has 2 N–H and O–H groups in total. The number of hydrogen-bond donors (Lipinski definition) is 2. The third-order valence-electron chi connectivity index (χ3n) is 4.34. The fourth-order valence-corrected chi connectivity index (χ4v) is 2.87. The molecule has 150 valence electrons. The largest absolute Gasteiger partial charge is 0.496 e. The molecular weight excluding hydrogens is 358 g/mol. The first-order valence-corrected chi connectivity index (χ1v) is 9.18. The van der Waals surface area contributed by atoms with Crippen LogP contribution in [0.4, 0.5) is 11.4 Å². The zero-order valence-electron chi connectivity index (χ0n) is 16.7. The summed E-state index contributed by atoms with van der Waals surface area (Å²) in [5, 5.41) is 5.37. The molecule has 0 aromatic heterocycles. The predicted octanol–water partition coefficient (Wildman–Crippen LogP) is 2.92. The van der Waals surface area contributed by atoms with Crippen molar-refractivity contribution in [1.29, 1.82) is 0 Å². The molecule has 0 aliphatic rings. The van der Waals surface area contributed by atoms with Crippen molar-refractivity contribution in [3.8, 4) is 11.5 Å². The van der Waals surface area contributed by atoms with E-state index in [9.17, 15) is 9.59 Å². The Hall–Kier alpha value is -3.22. The molecule has 0 spiro atoms. The van der Waals surface area contributed by atoms with E-state index in [4.69, 9.17) is 9.47 Å². The molecule has 28 heavy (non-hydrogen) atoms. The highest BCUT2D eigenvalue weighted by Gasteiger charge is 2.18. The van der Waals surface area contributed by atoms with Gasteiger partial charge < -0.3 is 25.0 Å². The van der Waals surface area contributed by atoms with Gasteiger partial charge in [-0.15, -0.1) is 0 Å². The Morgan fingerprint density at radius 1 is 0.929 bits per heavy atom. The molecule has 2 amide bonds. The normalized spacial score (nSPS) is 10.1. The van der Waals surface area contributed by atoms with Crippen molar-refractivity contribution in [3.05, 3.63) is 48.0 Å². The van der Waals surface area contributed by atoms with E-state index in [1.165, 1.54) is 14.2 Å². The van der Waals surface area contributed by atoms with Crippen LogP contribution in [0, 0.1) is 0 Å². The second kappa shape index (κ2) is 10.2. The Morgan fingerprint density at radius 3 is 2.00 bits per heavy atom. The molecule has 7 heteroatoms. The van der Waals surface area contributed by atoms with Gasteiger partial charge in [-0.3, -0.25) is 9.59 Å². The minimum Gasteiger partial charge on any atom is -0.496 e. The van der Waals surface area contributed by atoms with Gasteiger partial charge in [-0.2, -0.15) is 0 Å². The van der Waals surface area contributed by atoms with E-state index >= 15 is 0 Å². The maximum atomic E-state index is 12.5.